The van der Waals surface area contributed by atoms with Crippen LogP contribution in [0.25, 0.3) is 11.8 Å². The number of aliphatic imine (C=N–C) groups is 1. The van der Waals surface area contributed by atoms with Crippen molar-refractivity contribution in [1.82, 2.24) is 9.55 Å². The van der Waals surface area contributed by atoms with Gasteiger partial charge < -0.3 is 5.11 Å². The van der Waals surface area contributed by atoms with Gasteiger partial charge in [-0.1, -0.05) is 18.2 Å². The highest BCUT2D eigenvalue weighted by Crippen LogP contribution is 2.22. The van der Waals surface area contributed by atoms with Crippen molar-refractivity contribution in [3.63, 3.8) is 0 Å². The molecule has 2 aromatic rings. The molecule has 2 heterocycles. The molecule has 6 heteroatoms. The maximum Gasteiger partial charge on any atom is 0.335 e. The van der Waals surface area contributed by atoms with Crippen LogP contribution in [0.1, 0.15) is 19.4 Å². The minimum atomic E-state index is -0.690. The van der Waals surface area contributed by atoms with Crippen LogP contribution in [0.4, 0.5) is 0 Å². The van der Waals surface area contributed by atoms with Crippen molar-refractivity contribution in [2.24, 2.45) is 4.99 Å². The standard InChI is InChI=1S/C17H15N3O3/c1-10-8-12(11(2)18-10)9-14-15(21)19-17(23)20(16(14)22)13-6-4-3-5-7-13/h3-9,22H,1-2H3,(H,19,21,23). The number of allylic oxidation sites excluding steroid dienone is 3. The molecule has 0 spiro atoms. The fourth-order valence-electron chi connectivity index (χ4n) is 2.48. The molecule has 0 atom stereocenters. The van der Waals surface area contributed by atoms with E-state index in [0.717, 1.165) is 21.5 Å². The molecule has 116 valence electrons. The normalized spacial score (nSPS) is 15.7. The fourth-order valence-corrected chi connectivity index (χ4v) is 2.48. The molecular formula is C17H15N3O3. The van der Waals surface area contributed by atoms with E-state index >= 15 is 0 Å². The van der Waals surface area contributed by atoms with Crippen LogP contribution in [0.5, 0.6) is 5.88 Å². The second kappa shape index (κ2) is 5.57. The van der Waals surface area contributed by atoms with Gasteiger partial charge in [-0.05, 0) is 43.7 Å². The third kappa shape index (κ3) is 2.66. The van der Waals surface area contributed by atoms with Gasteiger partial charge >= 0.3 is 5.69 Å². The van der Waals surface area contributed by atoms with Crippen LogP contribution in [-0.2, 0) is 0 Å². The summed E-state index contributed by atoms with van der Waals surface area (Å²) in [5.41, 5.74) is 1.45. The molecular weight excluding hydrogens is 294 g/mol. The zero-order chi connectivity index (χ0) is 16.6. The van der Waals surface area contributed by atoms with Gasteiger partial charge in [0.2, 0.25) is 5.88 Å². The summed E-state index contributed by atoms with van der Waals surface area (Å²) in [5, 5.41) is 10.5. The van der Waals surface area contributed by atoms with Gasteiger partial charge in [0.05, 0.1) is 5.69 Å². The van der Waals surface area contributed by atoms with Crippen molar-refractivity contribution in [2.75, 3.05) is 0 Å². The summed E-state index contributed by atoms with van der Waals surface area (Å²) < 4.78 is 1.06. The lowest BCUT2D eigenvalue weighted by Crippen LogP contribution is -2.30. The predicted molar refractivity (Wildman–Crippen MR) is 89.2 cm³/mol. The third-order valence-corrected chi connectivity index (χ3v) is 3.56. The molecule has 0 saturated heterocycles. The van der Waals surface area contributed by atoms with Crippen LogP contribution < -0.4 is 11.2 Å². The number of para-hydroxylation sites is 1. The molecule has 1 aromatic carbocycles. The summed E-state index contributed by atoms with van der Waals surface area (Å²) in [6, 6.07) is 8.62. The van der Waals surface area contributed by atoms with E-state index in [-0.39, 0.29) is 5.56 Å². The molecule has 1 aliphatic rings. The Morgan fingerprint density at radius 3 is 2.48 bits per heavy atom. The highest BCUT2D eigenvalue weighted by Gasteiger charge is 2.16. The summed E-state index contributed by atoms with van der Waals surface area (Å²) in [7, 11) is 0. The largest absolute Gasteiger partial charge is 0.494 e. The van der Waals surface area contributed by atoms with Crippen molar-refractivity contribution in [3.8, 4) is 11.6 Å². The first-order valence-corrected chi connectivity index (χ1v) is 7.07. The topological polar surface area (TPSA) is 87.5 Å². The van der Waals surface area contributed by atoms with Crippen LogP contribution >= 0.6 is 0 Å². The Morgan fingerprint density at radius 2 is 1.87 bits per heavy atom. The van der Waals surface area contributed by atoms with Crippen molar-refractivity contribution in [3.05, 3.63) is 74.1 Å². The molecule has 0 saturated carbocycles. The lowest BCUT2D eigenvalue weighted by Gasteiger charge is -2.09. The first kappa shape index (κ1) is 14.8. The van der Waals surface area contributed by atoms with Crippen molar-refractivity contribution in [1.29, 1.82) is 0 Å². The number of rotatable bonds is 2. The van der Waals surface area contributed by atoms with Gasteiger partial charge in [0.25, 0.3) is 5.56 Å². The molecule has 0 fully saturated rings. The average molecular weight is 309 g/mol. The number of hydrogen-bond donors (Lipinski definition) is 2. The molecule has 6 nitrogen and oxygen atoms in total. The predicted octanol–water partition coefficient (Wildman–Crippen LogP) is 1.99. The first-order chi connectivity index (χ1) is 11.0. The second-order valence-electron chi connectivity index (χ2n) is 5.25. The zero-order valence-corrected chi connectivity index (χ0v) is 12.7. The molecule has 0 amide bonds. The molecule has 0 unspecified atom stereocenters. The number of benzene rings is 1. The lowest BCUT2D eigenvalue weighted by atomic mass is 10.1. The molecule has 23 heavy (non-hydrogen) atoms. The maximum atomic E-state index is 12.1. The lowest BCUT2D eigenvalue weighted by molar-refractivity contribution is 0.429. The summed E-state index contributed by atoms with van der Waals surface area (Å²) in [4.78, 5) is 30.6. The van der Waals surface area contributed by atoms with Gasteiger partial charge in [-0.2, -0.15) is 0 Å². The van der Waals surface area contributed by atoms with Crippen LogP contribution in [-0.4, -0.2) is 20.4 Å². The number of H-pyrrole nitrogens is 1. The Kier molecular flexibility index (Phi) is 3.57. The Balaban J connectivity index is 2.25. The fraction of sp³-hybridized carbons (Fsp3) is 0.118. The summed E-state index contributed by atoms with van der Waals surface area (Å²) in [6.45, 7) is 3.66. The number of aromatic amines is 1. The van der Waals surface area contributed by atoms with E-state index in [4.69, 9.17) is 0 Å². The van der Waals surface area contributed by atoms with Gasteiger partial charge in [-0.15, -0.1) is 0 Å². The van der Waals surface area contributed by atoms with E-state index in [1.807, 2.05) is 19.9 Å². The number of aromatic nitrogens is 2. The zero-order valence-electron chi connectivity index (χ0n) is 12.7. The Labute approximate surface area is 131 Å². The van der Waals surface area contributed by atoms with E-state index in [2.05, 4.69) is 9.98 Å². The number of hydrogen-bond acceptors (Lipinski definition) is 4. The van der Waals surface area contributed by atoms with Gasteiger partial charge in [0.1, 0.15) is 5.56 Å². The van der Waals surface area contributed by atoms with Gasteiger partial charge in [-0.25, -0.2) is 9.36 Å². The maximum absolute atomic E-state index is 12.1. The minimum absolute atomic E-state index is 0.0175. The van der Waals surface area contributed by atoms with E-state index in [9.17, 15) is 14.7 Å². The SMILES string of the molecule is CC1=CC(=Cc2c(O)n(-c3ccccc3)c(=O)[nH]c2=O)C(C)=N1. The Hall–Kier alpha value is -3.15. The number of aromatic hydroxyl groups is 1. The minimum Gasteiger partial charge on any atom is -0.494 e. The van der Waals surface area contributed by atoms with Gasteiger partial charge in [-0.3, -0.25) is 14.8 Å². The van der Waals surface area contributed by atoms with E-state index < -0.39 is 17.1 Å². The van der Waals surface area contributed by atoms with Crippen LogP contribution in [0, 0.1) is 0 Å². The van der Waals surface area contributed by atoms with E-state index in [1.54, 1.807) is 30.3 Å². The van der Waals surface area contributed by atoms with E-state index in [0.29, 0.717) is 5.69 Å². The quantitative estimate of drug-likeness (QED) is 0.889. The molecule has 3 rings (SSSR count). The molecule has 0 radical (unpaired) electrons. The van der Waals surface area contributed by atoms with Crippen LogP contribution in [0.2, 0.25) is 0 Å². The average Bonchev–Trinajstić information content (AvgIpc) is 2.82. The van der Waals surface area contributed by atoms with Crippen LogP contribution in [0.3, 0.4) is 0 Å². The Bertz CT molecular complexity index is 976. The smallest absolute Gasteiger partial charge is 0.335 e. The first-order valence-electron chi connectivity index (χ1n) is 7.07. The summed E-state index contributed by atoms with van der Waals surface area (Å²) in [5.74, 6) is -0.400. The molecule has 0 aliphatic carbocycles. The highest BCUT2D eigenvalue weighted by atomic mass is 16.3. The Morgan fingerprint density at radius 1 is 1.17 bits per heavy atom. The van der Waals surface area contributed by atoms with E-state index in [1.165, 1.54) is 6.08 Å². The van der Waals surface area contributed by atoms with Crippen molar-refractivity contribution >= 4 is 11.8 Å². The monoisotopic (exact) mass is 309 g/mol. The number of nitrogens with zero attached hydrogens (tertiary/aromatic N) is 2. The third-order valence-electron chi connectivity index (χ3n) is 3.56. The molecule has 0 bridgehead atoms. The highest BCUT2D eigenvalue weighted by molar-refractivity contribution is 6.07. The number of nitrogens with one attached hydrogen (secondary N) is 1. The summed E-state index contributed by atoms with van der Waals surface area (Å²) >= 11 is 0. The molecule has 1 aromatic heterocycles. The van der Waals surface area contributed by atoms with Gasteiger partial charge in [0.15, 0.2) is 0 Å². The van der Waals surface area contributed by atoms with Crippen molar-refractivity contribution in [2.45, 2.75) is 13.8 Å². The van der Waals surface area contributed by atoms with Crippen molar-refractivity contribution < 1.29 is 5.11 Å². The summed E-state index contributed by atoms with van der Waals surface area (Å²) in [6.07, 6.45) is 3.34. The second-order valence-corrected chi connectivity index (χ2v) is 5.25. The molecule has 2 N–H and O–H groups in total. The van der Waals surface area contributed by atoms with Crippen LogP contribution in [0.15, 0.2) is 62.3 Å². The molecule has 1 aliphatic heterocycles. The van der Waals surface area contributed by atoms with Gasteiger partial charge in [0, 0.05) is 11.4 Å².